The Morgan fingerprint density at radius 3 is 2.60 bits per heavy atom. The second-order valence-corrected chi connectivity index (χ2v) is 4.21. The van der Waals surface area contributed by atoms with Gasteiger partial charge < -0.3 is 4.74 Å². The van der Waals surface area contributed by atoms with Crippen LogP contribution in [0, 0.1) is 0 Å². The summed E-state index contributed by atoms with van der Waals surface area (Å²) in [5.74, 6) is 0.386. The summed E-state index contributed by atoms with van der Waals surface area (Å²) in [5.41, 5.74) is 2.52. The van der Waals surface area contributed by atoms with Gasteiger partial charge in [0.1, 0.15) is 6.10 Å². The van der Waals surface area contributed by atoms with Gasteiger partial charge in [-0.05, 0) is 29.9 Å². The van der Waals surface area contributed by atoms with Gasteiger partial charge >= 0.3 is 5.97 Å². The Morgan fingerprint density at radius 1 is 1.27 bits per heavy atom. The van der Waals surface area contributed by atoms with Gasteiger partial charge in [-0.3, -0.25) is 4.79 Å². The first kappa shape index (κ1) is 10.2. The summed E-state index contributed by atoms with van der Waals surface area (Å²) in [6.07, 6.45) is 2.00. The fourth-order valence-corrected chi connectivity index (χ4v) is 2.29. The zero-order chi connectivity index (χ0) is 10.8. The van der Waals surface area contributed by atoms with Gasteiger partial charge in [-0.25, -0.2) is 0 Å². The molecule has 80 valence electrons. The molecule has 15 heavy (non-hydrogen) atoms. The molecule has 0 heterocycles. The quantitative estimate of drug-likeness (QED) is 0.657. The summed E-state index contributed by atoms with van der Waals surface area (Å²) >= 11 is 0. The average Bonchev–Trinajstić information content (AvgIpc) is 2.22. The standard InChI is InChI=1S/C13H16O2/c1-9-7-8-13(15-10(2)14)12-6-4-3-5-11(9)12/h3-6,9,13H,7-8H2,1-2H3/t9?,13-/m1/s1. The van der Waals surface area contributed by atoms with Crippen LogP contribution in [0.3, 0.4) is 0 Å². The fraction of sp³-hybridized carbons (Fsp3) is 0.462. The largest absolute Gasteiger partial charge is 0.458 e. The molecular formula is C13H16O2. The summed E-state index contributed by atoms with van der Waals surface area (Å²) in [6.45, 7) is 3.70. The van der Waals surface area contributed by atoms with E-state index in [0.717, 1.165) is 12.8 Å². The maximum absolute atomic E-state index is 11.0. The minimum absolute atomic E-state index is 0.0325. The summed E-state index contributed by atoms with van der Waals surface area (Å²) in [6, 6.07) is 8.26. The van der Waals surface area contributed by atoms with Crippen molar-refractivity contribution in [1.29, 1.82) is 0 Å². The second-order valence-electron chi connectivity index (χ2n) is 4.21. The van der Waals surface area contributed by atoms with Gasteiger partial charge in [-0.2, -0.15) is 0 Å². The first-order valence-electron chi connectivity index (χ1n) is 5.44. The zero-order valence-electron chi connectivity index (χ0n) is 9.19. The number of rotatable bonds is 1. The van der Waals surface area contributed by atoms with Crippen molar-refractivity contribution in [3.8, 4) is 0 Å². The molecule has 2 nitrogen and oxygen atoms in total. The topological polar surface area (TPSA) is 26.3 Å². The Labute approximate surface area is 90.3 Å². The highest BCUT2D eigenvalue weighted by molar-refractivity contribution is 5.66. The molecule has 0 amide bonds. The van der Waals surface area contributed by atoms with Gasteiger partial charge in [0, 0.05) is 6.92 Å². The Balaban J connectivity index is 2.31. The van der Waals surface area contributed by atoms with E-state index in [1.54, 1.807) is 0 Å². The monoisotopic (exact) mass is 204 g/mol. The third-order valence-corrected chi connectivity index (χ3v) is 3.04. The molecule has 0 radical (unpaired) electrons. The number of carbonyl (C=O) groups is 1. The molecule has 0 saturated heterocycles. The van der Waals surface area contributed by atoms with Gasteiger partial charge in [0.05, 0.1) is 0 Å². The number of fused-ring (bicyclic) bond motifs is 1. The van der Waals surface area contributed by atoms with Crippen molar-refractivity contribution in [2.24, 2.45) is 0 Å². The van der Waals surface area contributed by atoms with Crippen molar-refractivity contribution in [3.05, 3.63) is 35.4 Å². The maximum atomic E-state index is 11.0. The lowest BCUT2D eigenvalue weighted by Crippen LogP contribution is -2.17. The fourth-order valence-electron chi connectivity index (χ4n) is 2.29. The van der Waals surface area contributed by atoms with Crippen LogP contribution in [-0.4, -0.2) is 5.97 Å². The van der Waals surface area contributed by atoms with E-state index in [9.17, 15) is 4.79 Å². The smallest absolute Gasteiger partial charge is 0.303 e. The van der Waals surface area contributed by atoms with Crippen LogP contribution in [0.5, 0.6) is 0 Å². The highest BCUT2D eigenvalue weighted by atomic mass is 16.5. The van der Waals surface area contributed by atoms with Crippen molar-refractivity contribution in [2.75, 3.05) is 0 Å². The highest BCUT2D eigenvalue weighted by Gasteiger charge is 2.25. The average molecular weight is 204 g/mol. The Bertz CT molecular complexity index is 371. The Morgan fingerprint density at radius 2 is 1.93 bits per heavy atom. The molecule has 1 aromatic carbocycles. The maximum Gasteiger partial charge on any atom is 0.303 e. The third-order valence-electron chi connectivity index (χ3n) is 3.04. The van der Waals surface area contributed by atoms with Crippen molar-refractivity contribution >= 4 is 5.97 Å². The molecule has 0 saturated carbocycles. The van der Waals surface area contributed by atoms with Crippen molar-refractivity contribution < 1.29 is 9.53 Å². The van der Waals surface area contributed by atoms with Crippen molar-refractivity contribution in [3.63, 3.8) is 0 Å². The number of carbonyl (C=O) groups excluding carboxylic acids is 1. The first-order valence-corrected chi connectivity index (χ1v) is 5.44. The van der Waals surface area contributed by atoms with Crippen molar-refractivity contribution in [2.45, 2.75) is 38.7 Å². The van der Waals surface area contributed by atoms with Gasteiger partial charge in [0.25, 0.3) is 0 Å². The van der Waals surface area contributed by atoms with E-state index in [0.29, 0.717) is 5.92 Å². The molecule has 0 aliphatic heterocycles. The van der Waals surface area contributed by atoms with E-state index >= 15 is 0 Å². The van der Waals surface area contributed by atoms with Crippen LogP contribution in [0.2, 0.25) is 0 Å². The summed E-state index contributed by atoms with van der Waals surface area (Å²) in [4.78, 5) is 11.0. The number of hydrogen-bond acceptors (Lipinski definition) is 2. The van der Waals surface area contributed by atoms with Gasteiger partial charge in [-0.1, -0.05) is 31.2 Å². The van der Waals surface area contributed by atoms with Crippen molar-refractivity contribution in [1.82, 2.24) is 0 Å². The van der Waals surface area contributed by atoms with E-state index in [1.165, 1.54) is 18.1 Å². The van der Waals surface area contributed by atoms with Gasteiger partial charge in [0.2, 0.25) is 0 Å². The SMILES string of the molecule is CC(=O)O[C@@H]1CCC(C)c2ccccc21. The molecule has 0 fully saturated rings. The minimum atomic E-state index is -0.190. The number of hydrogen-bond donors (Lipinski definition) is 0. The molecule has 2 atom stereocenters. The molecule has 0 aromatic heterocycles. The van der Waals surface area contributed by atoms with Gasteiger partial charge in [-0.15, -0.1) is 0 Å². The molecule has 1 aliphatic rings. The minimum Gasteiger partial charge on any atom is -0.458 e. The van der Waals surface area contributed by atoms with Crippen LogP contribution in [0.15, 0.2) is 24.3 Å². The van der Waals surface area contributed by atoms with E-state index in [4.69, 9.17) is 4.74 Å². The predicted octanol–water partition coefficient (Wildman–Crippen LogP) is 3.19. The van der Waals surface area contributed by atoms with Crippen LogP contribution in [0.25, 0.3) is 0 Å². The Hall–Kier alpha value is -1.31. The Kier molecular flexibility index (Phi) is 2.76. The lowest BCUT2D eigenvalue weighted by atomic mass is 9.82. The predicted molar refractivity (Wildman–Crippen MR) is 58.6 cm³/mol. The molecule has 0 bridgehead atoms. The summed E-state index contributed by atoms with van der Waals surface area (Å²) in [5, 5.41) is 0. The molecule has 2 rings (SSSR count). The van der Waals surface area contributed by atoms with E-state index in [1.807, 2.05) is 12.1 Å². The zero-order valence-corrected chi connectivity index (χ0v) is 9.19. The molecular weight excluding hydrogens is 188 g/mol. The summed E-state index contributed by atoms with van der Waals surface area (Å²) in [7, 11) is 0. The number of ether oxygens (including phenoxy) is 1. The lowest BCUT2D eigenvalue weighted by Gasteiger charge is -2.29. The third kappa shape index (κ3) is 2.04. The molecule has 1 aliphatic carbocycles. The van der Waals surface area contributed by atoms with Crippen LogP contribution in [0.1, 0.15) is 49.8 Å². The molecule has 2 heteroatoms. The normalized spacial score (nSPS) is 24.4. The van der Waals surface area contributed by atoms with E-state index in [-0.39, 0.29) is 12.1 Å². The van der Waals surface area contributed by atoms with E-state index < -0.39 is 0 Å². The molecule has 1 unspecified atom stereocenters. The van der Waals surface area contributed by atoms with E-state index in [2.05, 4.69) is 19.1 Å². The van der Waals surface area contributed by atoms with Gasteiger partial charge in [0.15, 0.2) is 0 Å². The molecule has 0 spiro atoms. The highest BCUT2D eigenvalue weighted by Crippen LogP contribution is 2.38. The number of esters is 1. The van der Waals surface area contributed by atoms with Crippen LogP contribution < -0.4 is 0 Å². The summed E-state index contributed by atoms with van der Waals surface area (Å²) < 4.78 is 5.33. The second kappa shape index (κ2) is 4.05. The number of benzene rings is 1. The first-order chi connectivity index (χ1) is 7.18. The lowest BCUT2D eigenvalue weighted by molar-refractivity contribution is -0.147. The van der Waals surface area contributed by atoms with Crippen LogP contribution in [0.4, 0.5) is 0 Å². The van der Waals surface area contributed by atoms with Crippen LogP contribution >= 0.6 is 0 Å². The molecule has 1 aromatic rings. The molecule has 0 N–H and O–H groups in total. The van der Waals surface area contributed by atoms with Crippen LogP contribution in [-0.2, 0) is 9.53 Å².